The van der Waals surface area contributed by atoms with Crippen LogP contribution in [0.5, 0.6) is 0 Å². The van der Waals surface area contributed by atoms with Gasteiger partial charge in [-0.25, -0.2) is 13.1 Å². The van der Waals surface area contributed by atoms with Gasteiger partial charge >= 0.3 is 0 Å². The van der Waals surface area contributed by atoms with Gasteiger partial charge in [0, 0.05) is 18.9 Å². The van der Waals surface area contributed by atoms with Crippen molar-refractivity contribution >= 4 is 21.6 Å². The maximum absolute atomic E-state index is 11.9. The highest BCUT2D eigenvalue weighted by atomic mass is 35.5. The standard InChI is InChI=1S/C11H15ClN2O2S/c12-10-5-6-13-8-11(10)17(15,16)14-7-4-9-2-1-3-9/h5-6,8-9,14H,1-4,7H2. The molecular weight excluding hydrogens is 260 g/mol. The Balaban J connectivity index is 1.96. The molecule has 94 valence electrons. The molecule has 0 spiro atoms. The quantitative estimate of drug-likeness (QED) is 0.895. The predicted molar refractivity (Wildman–Crippen MR) is 66.4 cm³/mol. The fraction of sp³-hybridized carbons (Fsp3) is 0.545. The minimum absolute atomic E-state index is 0.0512. The van der Waals surface area contributed by atoms with Gasteiger partial charge in [-0.1, -0.05) is 30.9 Å². The van der Waals surface area contributed by atoms with E-state index in [1.165, 1.54) is 37.7 Å². The molecule has 4 nitrogen and oxygen atoms in total. The summed E-state index contributed by atoms with van der Waals surface area (Å²) in [5, 5.41) is 0.205. The summed E-state index contributed by atoms with van der Waals surface area (Å²) in [7, 11) is -3.52. The average Bonchev–Trinajstić information content (AvgIpc) is 2.22. The Bertz CT molecular complexity index is 486. The third-order valence-corrected chi connectivity index (χ3v) is 5.02. The lowest BCUT2D eigenvalue weighted by atomic mass is 9.83. The Kier molecular flexibility index (Phi) is 4.01. The van der Waals surface area contributed by atoms with Crippen molar-refractivity contribution in [1.82, 2.24) is 9.71 Å². The number of nitrogens with zero attached hydrogens (tertiary/aromatic N) is 1. The van der Waals surface area contributed by atoms with Gasteiger partial charge in [-0.15, -0.1) is 0 Å². The number of sulfonamides is 1. The predicted octanol–water partition coefficient (Wildman–Crippen LogP) is 2.20. The molecule has 1 heterocycles. The van der Waals surface area contributed by atoms with Crippen LogP contribution >= 0.6 is 11.6 Å². The van der Waals surface area contributed by atoms with E-state index < -0.39 is 10.0 Å². The molecule has 0 aromatic carbocycles. The molecule has 1 aliphatic rings. The lowest BCUT2D eigenvalue weighted by Crippen LogP contribution is -2.27. The first kappa shape index (κ1) is 12.8. The smallest absolute Gasteiger partial charge is 0.243 e. The van der Waals surface area contributed by atoms with Crippen LogP contribution in [-0.4, -0.2) is 19.9 Å². The highest BCUT2D eigenvalue weighted by Crippen LogP contribution is 2.29. The van der Waals surface area contributed by atoms with Gasteiger partial charge in [-0.2, -0.15) is 0 Å². The number of hydrogen-bond donors (Lipinski definition) is 1. The summed E-state index contributed by atoms with van der Waals surface area (Å²) in [6, 6.07) is 1.47. The molecule has 0 bridgehead atoms. The van der Waals surface area contributed by atoms with E-state index in [1.807, 2.05) is 0 Å². The van der Waals surface area contributed by atoms with Crippen LogP contribution in [0.15, 0.2) is 23.4 Å². The van der Waals surface area contributed by atoms with Gasteiger partial charge in [-0.3, -0.25) is 4.98 Å². The summed E-state index contributed by atoms with van der Waals surface area (Å²) in [6.45, 7) is 0.470. The molecule has 2 rings (SSSR count). The van der Waals surface area contributed by atoms with Crippen LogP contribution in [0.2, 0.25) is 5.02 Å². The summed E-state index contributed by atoms with van der Waals surface area (Å²) < 4.78 is 26.4. The third kappa shape index (κ3) is 3.18. The molecule has 1 fully saturated rings. The number of aromatic nitrogens is 1. The number of pyridine rings is 1. The molecule has 0 atom stereocenters. The first-order valence-corrected chi connectivity index (χ1v) is 7.55. The van der Waals surface area contributed by atoms with E-state index in [0.717, 1.165) is 6.42 Å². The molecule has 0 unspecified atom stereocenters. The SMILES string of the molecule is O=S(=O)(NCCC1CCC1)c1cnccc1Cl. The number of rotatable bonds is 5. The molecule has 0 saturated heterocycles. The normalized spacial score (nSPS) is 16.8. The second-order valence-electron chi connectivity index (χ2n) is 4.29. The van der Waals surface area contributed by atoms with Crippen LogP contribution in [0.1, 0.15) is 25.7 Å². The molecule has 6 heteroatoms. The first-order valence-electron chi connectivity index (χ1n) is 5.69. The Labute approximate surface area is 106 Å². The van der Waals surface area contributed by atoms with Gasteiger partial charge < -0.3 is 0 Å². The summed E-state index contributed by atoms with van der Waals surface area (Å²) >= 11 is 5.83. The fourth-order valence-electron chi connectivity index (χ4n) is 1.82. The van der Waals surface area contributed by atoms with Gasteiger partial charge in [0.2, 0.25) is 10.0 Å². The molecule has 0 radical (unpaired) electrons. The van der Waals surface area contributed by atoms with Crippen LogP contribution in [-0.2, 0) is 10.0 Å². The Hall–Kier alpha value is -0.650. The van der Waals surface area contributed by atoms with Crippen LogP contribution in [0.3, 0.4) is 0 Å². The van der Waals surface area contributed by atoms with Gasteiger partial charge in [0.05, 0.1) is 5.02 Å². The monoisotopic (exact) mass is 274 g/mol. The van der Waals surface area contributed by atoms with Crippen molar-refractivity contribution in [1.29, 1.82) is 0 Å². The largest absolute Gasteiger partial charge is 0.263 e. The minimum Gasteiger partial charge on any atom is -0.263 e. The van der Waals surface area contributed by atoms with Crippen molar-refractivity contribution in [3.05, 3.63) is 23.5 Å². The Morgan fingerprint density at radius 3 is 2.82 bits per heavy atom. The number of hydrogen-bond acceptors (Lipinski definition) is 3. The zero-order valence-corrected chi connectivity index (χ0v) is 11.0. The summed E-state index contributed by atoms with van der Waals surface area (Å²) in [5.74, 6) is 0.682. The lowest BCUT2D eigenvalue weighted by molar-refractivity contribution is 0.297. The minimum atomic E-state index is -3.52. The third-order valence-electron chi connectivity index (χ3n) is 3.09. The molecule has 1 aliphatic carbocycles. The maximum Gasteiger partial charge on any atom is 0.243 e. The van der Waals surface area contributed by atoms with Crippen LogP contribution < -0.4 is 4.72 Å². The van der Waals surface area contributed by atoms with E-state index in [1.54, 1.807) is 0 Å². The van der Waals surface area contributed by atoms with Gasteiger partial charge in [-0.05, 0) is 18.4 Å². The van der Waals surface area contributed by atoms with Crippen molar-refractivity contribution < 1.29 is 8.42 Å². The van der Waals surface area contributed by atoms with Crippen molar-refractivity contribution in [3.8, 4) is 0 Å². The van der Waals surface area contributed by atoms with Gasteiger partial charge in [0.15, 0.2) is 0 Å². The highest BCUT2D eigenvalue weighted by molar-refractivity contribution is 7.89. The van der Waals surface area contributed by atoms with Crippen molar-refractivity contribution in [2.45, 2.75) is 30.6 Å². The van der Waals surface area contributed by atoms with E-state index >= 15 is 0 Å². The summed E-state index contributed by atoms with van der Waals surface area (Å²) in [4.78, 5) is 3.83. The highest BCUT2D eigenvalue weighted by Gasteiger charge is 2.20. The molecule has 1 aromatic heterocycles. The van der Waals surface area contributed by atoms with E-state index in [2.05, 4.69) is 9.71 Å². The average molecular weight is 275 g/mol. The Morgan fingerprint density at radius 2 is 2.24 bits per heavy atom. The van der Waals surface area contributed by atoms with E-state index in [0.29, 0.717) is 12.5 Å². The number of halogens is 1. The number of nitrogens with one attached hydrogen (secondary N) is 1. The second-order valence-corrected chi connectivity index (χ2v) is 6.43. The van der Waals surface area contributed by atoms with Gasteiger partial charge in [0.25, 0.3) is 0 Å². The topological polar surface area (TPSA) is 59.1 Å². The van der Waals surface area contributed by atoms with Crippen molar-refractivity contribution in [3.63, 3.8) is 0 Å². The first-order chi connectivity index (χ1) is 8.09. The molecule has 1 N–H and O–H groups in total. The molecule has 0 aliphatic heterocycles. The van der Waals surface area contributed by atoms with E-state index in [9.17, 15) is 8.42 Å². The second kappa shape index (κ2) is 5.33. The van der Waals surface area contributed by atoms with Crippen LogP contribution in [0.25, 0.3) is 0 Å². The molecule has 17 heavy (non-hydrogen) atoms. The maximum atomic E-state index is 11.9. The van der Waals surface area contributed by atoms with Crippen molar-refractivity contribution in [2.24, 2.45) is 5.92 Å². The molecular formula is C11H15ClN2O2S. The molecule has 1 aromatic rings. The summed E-state index contributed by atoms with van der Waals surface area (Å²) in [5.41, 5.74) is 0. The molecule has 0 amide bonds. The Morgan fingerprint density at radius 1 is 1.47 bits per heavy atom. The summed E-state index contributed by atoms with van der Waals surface area (Å²) in [6.07, 6.45) is 7.34. The van der Waals surface area contributed by atoms with Crippen molar-refractivity contribution in [2.75, 3.05) is 6.54 Å². The molecule has 1 saturated carbocycles. The lowest BCUT2D eigenvalue weighted by Gasteiger charge is -2.25. The zero-order chi connectivity index (χ0) is 12.3. The van der Waals surface area contributed by atoms with E-state index in [4.69, 9.17) is 11.6 Å². The van der Waals surface area contributed by atoms with Crippen LogP contribution in [0, 0.1) is 5.92 Å². The van der Waals surface area contributed by atoms with Gasteiger partial charge in [0.1, 0.15) is 4.90 Å². The van der Waals surface area contributed by atoms with Crippen LogP contribution in [0.4, 0.5) is 0 Å². The fourth-order valence-corrected chi connectivity index (χ4v) is 3.29. The zero-order valence-electron chi connectivity index (χ0n) is 9.39. The van der Waals surface area contributed by atoms with E-state index in [-0.39, 0.29) is 9.92 Å².